The molecule has 0 amide bonds. The van der Waals surface area contributed by atoms with Crippen LogP contribution in [0.15, 0.2) is 42.7 Å². The van der Waals surface area contributed by atoms with Gasteiger partial charge in [0.25, 0.3) is 0 Å². The predicted octanol–water partition coefficient (Wildman–Crippen LogP) is 3.55. The van der Waals surface area contributed by atoms with E-state index in [1.807, 2.05) is 18.2 Å². The lowest BCUT2D eigenvalue weighted by Crippen LogP contribution is -2.40. The van der Waals surface area contributed by atoms with Crippen molar-refractivity contribution in [1.82, 2.24) is 14.5 Å². The smallest absolute Gasteiger partial charge is 0.108 e. The van der Waals surface area contributed by atoms with E-state index in [1.54, 1.807) is 12.4 Å². The van der Waals surface area contributed by atoms with Crippen LogP contribution in [0.5, 0.6) is 0 Å². The summed E-state index contributed by atoms with van der Waals surface area (Å²) in [5.74, 6) is 0.301. The highest BCUT2D eigenvalue weighted by atomic mass is 35.5. The average molecular weight is 368 g/mol. The van der Waals surface area contributed by atoms with Gasteiger partial charge in [-0.05, 0) is 61.3 Å². The van der Waals surface area contributed by atoms with Crippen molar-refractivity contribution in [2.24, 2.45) is 0 Å². The maximum Gasteiger partial charge on any atom is 0.108 e. The third kappa shape index (κ3) is 2.40. The Morgan fingerprint density at radius 1 is 1.23 bits per heavy atom. The number of pyridine rings is 1. The molecule has 2 aliphatic heterocycles. The first-order chi connectivity index (χ1) is 12.5. The largest absolute Gasteiger partial charge is 0.383 e. The van der Waals surface area contributed by atoms with Crippen molar-refractivity contribution >= 4 is 22.5 Å². The first-order valence-electron chi connectivity index (χ1n) is 9.17. The van der Waals surface area contributed by atoms with Crippen molar-refractivity contribution in [3.63, 3.8) is 0 Å². The molecule has 1 aromatic carbocycles. The quantitative estimate of drug-likeness (QED) is 0.715. The first kappa shape index (κ1) is 16.3. The van der Waals surface area contributed by atoms with Gasteiger partial charge < -0.3 is 14.6 Å². The zero-order chi connectivity index (χ0) is 17.9. The lowest BCUT2D eigenvalue weighted by Gasteiger charge is -2.39. The molecule has 4 nitrogen and oxygen atoms in total. The fourth-order valence-corrected chi connectivity index (χ4v) is 5.11. The Bertz CT molecular complexity index is 984. The van der Waals surface area contributed by atoms with E-state index in [9.17, 15) is 5.11 Å². The van der Waals surface area contributed by atoms with Gasteiger partial charge >= 0.3 is 0 Å². The number of halogens is 1. The summed E-state index contributed by atoms with van der Waals surface area (Å²) in [4.78, 5) is 6.49. The number of benzene rings is 1. The standard InChI is InChI=1S/C21H22ClN3O/c1-24-9-6-17-18-10-16(22)2-3-19(18)25-13-21(26,11-14(12-24)20(17)25)15-4-7-23-8-5-15/h2-5,7-8,10,14,26H,6,9,11-13H2,1H3. The van der Waals surface area contributed by atoms with Gasteiger partial charge in [-0.15, -0.1) is 0 Å². The third-order valence-corrected chi connectivity index (χ3v) is 6.29. The minimum absolute atomic E-state index is 0.301. The van der Waals surface area contributed by atoms with Gasteiger partial charge in [0, 0.05) is 53.0 Å². The zero-order valence-corrected chi connectivity index (χ0v) is 15.6. The second kappa shape index (κ2) is 5.81. The minimum Gasteiger partial charge on any atom is -0.383 e. The summed E-state index contributed by atoms with van der Waals surface area (Å²) < 4.78 is 2.34. The third-order valence-electron chi connectivity index (χ3n) is 6.06. The summed E-state index contributed by atoms with van der Waals surface area (Å²) in [5, 5.41) is 13.6. The Balaban J connectivity index is 1.74. The molecule has 5 heteroatoms. The number of rotatable bonds is 1. The number of fused-ring (bicyclic) bond motifs is 3. The van der Waals surface area contributed by atoms with E-state index in [2.05, 4.69) is 33.6 Å². The van der Waals surface area contributed by atoms with Crippen LogP contribution >= 0.6 is 11.6 Å². The van der Waals surface area contributed by atoms with Crippen LogP contribution in [0.3, 0.4) is 0 Å². The summed E-state index contributed by atoms with van der Waals surface area (Å²) in [6.07, 6.45) is 5.29. The number of nitrogens with zero attached hydrogens (tertiary/aromatic N) is 3. The molecule has 2 atom stereocenters. The molecule has 2 aromatic heterocycles. The molecule has 3 aromatic rings. The van der Waals surface area contributed by atoms with Gasteiger partial charge in [0.1, 0.15) is 5.60 Å². The van der Waals surface area contributed by atoms with Gasteiger partial charge in [-0.3, -0.25) is 4.98 Å². The fourth-order valence-electron chi connectivity index (χ4n) is 4.94. The molecule has 26 heavy (non-hydrogen) atoms. The summed E-state index contributed by atoms with van der Waals surface area (Å²) in [6, 6.07) is 10.0. The van der Waals surface area contributed by atoms with E-state index in [0.717, 1.165) is 36.5 Å². The van der Waals surface area contributed by atoms with Gasteiger partial charge in [0.15, 0.2) is 0 Å². The lowest BCUT2D eigenvalue weighted by molar-refractivity contribution is -0.0117. The fraction of sp³-hybridized carbons (Fsp3) is 0.381. The Labute approximate surface area is 158 Å². The molecule has 0 saturated heterocycles. The number of aromatic nitrogens is 2. The van der Waals surface area contributed by atoms with Crippen LogP contribution in [-0.2, 0) is 18.6 Å². The first-order valence-corrected chi connectivity index (χ1v) is 9.55. The molecule has 0 bridgehead atoms. The van der Waals surface area contributed by atoms with Crippen LogP contribution < -0.4 is 0 Å². The highest BCUT2D eigenvalue weighted by Crippen LogP contribution is 2.46. The maximum atomic E-state index is 11.6. The molecule has 4 heterocycles. The van der Waals surface area contributed by atoms with E-state index in [0.29, 0.717) is 12.5 Å². The molecule has 2 unspecified atom stereocenters. The van der Waals surface area contributed by atoms with Crippen molar-refractivity contribution < 1.29 is 5.11 Å². The molecule has 0 fully saturated rings. The SMILES string of the molecule is CN1CCc2c3n(c4ccc(Cl)cc24)CC(O)(c2ccncc2)CC3C1. The van der Waals surface area contributed by atoms with E-state index in [-0.39, 0.29) is 0 Å². The maximum absolute atomic E-state index is 11.6. The molecule has 1 N–H and O–H groups in total. The van der Waals surface area contributed by atoms with Gasteiger partial charge in [-0.25, -0.2) is 0 Å². The molecule has 0 aliphatic carbocycles. The second-order valence-electron chi connectivity index (χ2n) is 7.79. The molecule has 0 radical (unpaired) electrons. The van der Waals surface area contributed by atoms with Crippen LogP contribution in [0.2, 0.25) is 5.02 Å². The van der Waals surface area contributed by atoms with Crippen LogP contribution in [0, 0.1) is 0 Å². The number of aliphatic hydroxyl groups is 1. The van der Waals surface area contributed by atoms with Crippen molar-refractivity contribution in [2.75, 3.05) is 20.1 Å². The molecule has 0 spiro atoms. The van der Waals surface area contributed by atoms with E-state index in [1.165, 1.54) is 22.2 Å². The Morgan fingerprint density at radius 2 is 2.04 bits per heavy atom. The zero-order valence-electron chi connectivity index (χ0n) is 14.8. The highest BCUT2D eigenvalue weighted by Gasteiger charge is 2.42. The normalized spacial score (nSPS) is 25.9. The van der Waals surface area contributed by atoms with Gasteiger partial charge in [0.2, 0.25) is 0 Å². The summed E-state index contributed by atoms with van der Waals surface area (Å²) in [7, 11) is 2.17. The average Bonchev–Trinajstić information content (AvgIpc) is 2.82. The van der Waals surface area contributed by atoms with E-state index >= 15 is 0 Å². The summed E-state index contributed by atoms with van der Waals surface area (Å²) >= 11 is 6.31. The minimum atomic E-state index is -0.880. The van der Waals surface area contributed by atoms with Crippen molar-refractivity contribution in [3.05, 3.63) is 64.6 Å². The van der Waals surface area contributed by atoms with Crippen LogP contribution in [0.1, 0.15) is 29.2 Å². The molecular weight excluding hydrogens is 346 g/mol. The van der Waals surface area contributed by atoms with Crippen molar-refractivity contribution in [1.29, 1.82) is 0 Å². The number of likely N-dealkylation sites (N-methyl/N-ethyl adjacent to an activating group) is 1. The van der Waals surface area contributed by atoms with Gasteiger partial charge in [-0.1, -0.05) is 11.6 Å². The molecule has 134 valence electrons. The monoisotopic (exact) mass is 367 g/mol. The van der Waals surface area contributed by atoms with Gasteiger partial charge in [-0.2, -0.15) is 0 Å². The summed E-state index contributed by atoms with van der Waals surface area (Å²) in [6.45, 7) is 2.57. The Kier molecular flexibility index (Phi) is 3.64. The molecule has 2 aliphatic rings. The molecular formula is C21H22ClN3O. The molecule has 0 saturated carbocycles. The number of hydrogen-bond acceptors (Lipinski definition) is 3. The van der Waals surface area contributed by atoms with E-state index in [4.69, 9.17) is 11.6 Å². The van der Waals surface area contributed by atoms with Crippen LogP contribution in [0.4, 0.5) is 0 Å². The Hall–Kier alpha value is -1.88. The van der Waals surface area contributed by atoms with E-state index < -0.39 is 5.60 Å². The number of hydrogen-bond donors (Lipinski definition) is 1. The second-order valence-corrected chi connectivity index (χ2v) is 8.23. The Morgan fingerprint density at radius 3 is 2.85 bits per heavy atom. The molecule has 5 rings (SSSR count). The predicted molar refractivity (Wildman–Crippen MR) is 104 cm³/mol. The van der Waals surface area contributed by atoms with Crippen LogP contribution in [0.25, 0.3) is 10.9 Å². The van der Waals surface area contributed by atoms with Gasteiger partial charge in [0.05, 0.1) is 6.54 Å². The lowest BCUT2D eigenvalue weighted by atomic mass is 9.79. The van der Waals surface area contributed by atoms with Crippen molar-refractivity contribution in [2.45, 2.75) is 30.9 Å². The topological polar surface area (TPSA) is 41.3 Å². The van der Waals surface area contributed by atoms with Crippen LogP contribution in [-0.4, -0.2) is 39.7 Å². The van der Waals surface area contributed by atoms with Crippen molar-refractivity contribution in [3.8, 4) is 0 Å². The summed E-state index contributed by atoms with van der Waals surface area (Å²) in [5.41, 5.74) is 4.05. The highest BCUT2D eigenvalue weighted by molar-refractivity contribution is 6.31.